The van der Waals surface area contributed by atoms with E-state index in [4.69, 9.17) is 9.15 Å². The van der Waals surface area contributed by atoms with E-state index in [-0.39, 0.29) is 0 Å². The lowest BCUT2D eigenvalue weighted by atomic mass is 9.97. The van der Waals surface area contributed by atoms with Crippen LogP contribution >= 0.6 is 0 Å². The molecule has 1 aromatic heterocycles. The number of piperidine rings is 1. The Morgan fingerprint density at radius 3 is 2.48 bits per heavy atom. The van der Waals surface area contributed by atoms with Gasteiger partial charge in [0.15, 0.2) is 5.58 Å². The molecule has 1 aliphatic heterocycles. The van der Waals surface area contributed by atoms with Crippen molar-refractivity contribution >= 4 is 28.9 Å². The molecule has 0 bridgehead atoms. The van der Waals surface area contributed by atoms with E-state index >= 15 is 0 Å². The third-order valence-electron chi connectivity index (χ3n) is 5.54. The first-order chi connectivity index (χ1) is 15.1. The number of aromatic nitrogens is 1. The van der Waals surface area contributed by atoms with Crippen LogP contribution in [-0.4, -0.2) is 43.5 Å². The summed E-state index contributed by atoms with van der Waals surface area (Å²) in [6.07, 6.45) is 1.79. The van der Waals surface area contributed by atoms with Crippen LogP contribution in [0.3, 0.4) is 0 Å². The third-order valence-corrected chi connectivity index (χ3v) is 5.54. The molecule has 4 rings (SSSR count). The predicted molar refractivity (Wildman–Crippen MR) is 117 cm³/mol. The van der Waals surface area contributed by atoms with Crippen molar-refractivity contribution in [3.05, 3.63) is 54.1 Å². The van der Waals surface area contributed by atoms with E-state index in [2.05, 4.69) is 20.5 Å². The average Bonchev–Trinajstić information content (AvgIpc) is 3.26. The van der Waals surface area contributed by atoms with Gasteiger partial charge in [0.1, 0.15) is 11.3 Å². The lowest BCUT2D eigenvalue weighted by Crippen LogP contribution is -2.43. The number of amides is 2. The zero-order chi connectivity index (χ0) is 21.6. The summed E-state index contributed by atoms with van der Waals surface area (Å²) in [6.45, 7) is 2.38. The second kappa shape index (κ2) is 9.51. The Morgan fingerprint density at radius 2 is 1.77 bits per heavy atom. The Bertz CT molecular complexity index is 1010. The molecular weight excluding hydrogens is 396 g/mol. The van der Waals surface area contributed by atoms with Crippen molar-refractivity contribution in [3.63, 3.8) is 0 Å². The normalized spacial score (nSPS) is 14.4. The fourth-order valence-electron chi connectivity index (χ4n) is 3.65. The first kappa shape index (κ1) is 20.7. The minimum atomic E-state index is -0.625. The molecule has 162 valence electrons. The zero-order valence-corrected chi connectivity index (χ0v) is 17.5. The molecule has 8 heteroatoms. The van der Waals surface area contributed by atoms with Crippen LogP contribution in [0.25, 0.3) is 11.1 Å². The van der Waals surface area contributed by atoms with E-state index in [9.17, 15) is 9.59 Å². The summed E-state index contributed by atoms with van der Waals surface area (Å²) in [4.78, 5) is 30.8. The molecule has 2 amide bonds. The molecule has 31 heavy (non-hydrogen) atoms. The number of carbonyl (C=O) groups is 2. The van der Waals surface area contributed by atoms with E-state index in [0.29, 0.717) is 25.0 Å². The van der Waals surface area contributed by atoms with Crippen LogP contribution in [0, 0.1) is 5.92 Å². The highest BCUT2D eigenvalue weighted by molar-refractivity contribution is 6.35. The number of hydrogen-bond acceptors (Lipinski definition) is 6. The Labute approximate surface area is 180 Å². The number of hydrogen-bond donors (Lipinski definition) is 2. The molecule has 2 aromatic carbocycles. The summed E-state index contributed by atoms with van der Waals surface area (Å²) < 4.78 is 10.9. The lowest BCUT2D eigenvalue weighted by Gasteiger charge is -2.30. The standard InChI is InChI=1S/C23H26N4O4/c1-30-18-8-6-16(7-9-18)14-24-21(28)22(29)25-15-17-10-12-27(13-11-17)23-26-19-4-2-3-5-20(19)31-23/h2-9,17H,10-15H2,1H3,(H,24,28)(H,25,29). The maximum atomic E-state index is 12.1. The number of methoxy groups -OCH3 is 1. The van der Waals surface area contributed by atoms with Crippen molar-refractivity contribution in [1.29, 1.82) is 0 Å². The van der Waals surface area contributed by atoms with Gasteiger partial charge in [-0.1, -0.05) is 24.3 Å². The van der Waals surface area contributed by atoms with Gasteiger partial charge in [0.2, 0.25) is 0 Å². The highest BCUT2D eigenvalue weighted by Crippen LogP contribution is 2.26. The molecule has 0 saturated carbocycles. The topological polar surface area (TPSA) is 96.7 Å². The van der Waals surface area contributed by atoms with Crippen molar-refractivity contribution in [1.82, 2.24) is 15.6 Å². The number of carbonyl (C=O) groups excluding carboxylic acids is 2. The van der Waals surface area contributed by atoms with Crippen LogP contribution < -0.4 is 20.3 Å². The zero-order valence-electron chi connectivity index (χ0n) is 17.5. The Hall–Kier alpha value is -3.55. The predicted octanol–water partition coefficient (Wildman–Crippen LogP) is 2.49. The van der Waals surface area contributed by atoms with Crippen molar-refractivity contribution < 1.29 is 18.7 Å². The average molecular weight is 422 g/mol. The maximum absolute atomic E-state index is 12.1. The van der Waals surface area contributed by atoms with Crippen LogP contribution in [0.5, 0.6) is 5.75 Å². The summed E-state index contributed by atoms with van der Waals surface area (Å²) in [7, 11) is 1.60. The van der Waals surface area contributed by atoms with Crippen LogP contribution in [0.2, 0.25) is 0 Å². The minimum absolute atomic E-state index is 0.291. The molecule has 0 aliphatic carbocycles. The van der Waals surface area contributed by atoms with Gasteiger partial charge in [0.25, 0.3) is 6.01 Å². The summed E-state index contributed by atoms with van der Waals surface area (Å²) >= 11 is 0. The molecule has 0 radical (unpaired) electrons. The number of fused-ring (bicyclic) bond motifs is 1. The Morgan fingerprint density at radius 1 is 1.06 bits per heavy atom. The van der Waals surface area contributed by atoms with Crippen molar-refractivity contribution in [3.8, 4) is 5.75 Å². The molecule has 1 fully saturated rings. The number of nitrogens with one attached hydrogen (secondary N) is 2. The van der Waals surface area contributed by atoms with E-state index in [1.54, 1.807) is 7.11 Å². The van der Waals surface area contributed by atoms with Crippen LogP contribution in [0.15, 0.2) is 52.9 Å². The third kappa shape index (κ3) is 5.14. The summed E-state index contributed by atoms with van der Waals surface area (Å²) in [6, 6.07) is 15.7. The van der Waals surface area contributed by atoms with Crippen molar-refractivity contribution in [2.75, 3.05) is 31.6 Å². The Kier molecular flexibility index (Phi) is 6.35. The first-order valence-electron chi connectivity index (χ1n) is 10.4. The van der Waals surface area contributed by atoms with E-state index in [1.165, 1.54) is 0 Å². The van der Waals surface area contributed by atoms with E-state index in [0.717, 1.165) is 48.3 Å². The summed E-state index contributed by atoms with van der Waals surface area (Å²) in [5.41, 5.74) is 2.54. The number of para-hydroxylation sites is 2. The van der Waals surface area contributed by atoms with Gasteiger partial charge in [-0.05, 0) is 48.6 Å². The minimum Gasteiger partial charge on any atom is -0.497 e. The number of benzene rings is 2. The number of nitrogens with zero attached hydrogens (tertiary/aromatic N) is 2. The molecule has 1 aliphatic rings. The lowest BCUT2D eigenvalue weighted by molar-refractivity contribution is -0.139. The van der Waals surface area contributed by atoms with Gasteiger partial charge in [0.05, 0.1) is 7.11 Å². The number of anilines is 1. The SMILES string of the molecule is COc1ccc(CNC(=O)C(=O)NCC2CCN(c3nc4ccccc4o3)CC2)cc1. The quantitative estimate of drug-likeness (QED) is 0.593. The summed E-state index contributed by atoms with van der Waals surface area (Å²) in [5.74, 6) is -0.163. The van der Waals surface area contributed by atoms with Gasteiger partial charge in [-0.2, -0.15) is 4.98 Å². The van der Waals surface area contributed by atoms with Gasteiger partial charge in [-0.15, -0.1) is 0 Å². The molecule has 2 N–H and O–H groups in total. The molecule has 0 atom stereocenters. The largest absolute Gasteiger partial charge is 0.497 e. The van der Waals surface area contributed by atoms with Crippen LogP contribution in [0.4, 0.5) is 6.01 Å². The fraction of sp³-hybridized carbons (Fsp3) is 0.348. The van der Waals surface area contributed by atoms with E-state index in [1.807, 2.05) is 48.5 Å². The second-order valence-electron chi connectivity index (χ2n) is 7.64. The molecule has 1 saturated heterocycles. The van der Waals surface area contributed by atoms with Gasteiger partial charge in [0, 0.05) is 26.2 Å². The van der Waals surface area contributed by atoms with Gasteiger partial charge in [-0.3, -0.25) is 9.59 Å². The number of oxazole rings is 1. The smallest absolute Gasteiger partial charge is 0.309 e. The summed E-state index contributed by atoms with van der Waals surface area (Å²) in [5, 5.41) is 5.40. The van der Waals surface area contributed by atoms with Crippen LogP contribution in [-0.2, 0) is 16.1 Å². The Balaban J connectivity index is 1.19. The highest BCUT2D eigenvalue weighted by Gasteiger charge is 2.24. The molecule has 3 aromatic rings. The van der Waals surface area contributed by atoms with Crippen LogP contribution in [0.1, 0.15) is 18.4 Å². The monoisotopic (exact) mass is 422 g/mol. The highest BCUT2D eigenvalue weighted by atomic mass is 16.5. The number of rotatable bonds is 6. The molecule has 2 heterocycles. The molecule has 0 unspecified atom stereocenters. The first-order valence-corrected chi connectivity index (χ1v) is 10.4. The molecular formula is C23H26N4O4. The fourth-order valence-corrected chi connectivity index (χ4v) is 3.65. The van der Waals surface area contributed by atoms with Gasteiger partial charge in [-0.25, -0.2) is 0 Å². The van der Waals surface area contributed by atoms with Crippen molar-refractivity contribution in [2.45, 2.75) is 19.4 Å². The second-order valence-corrected chi connectivity index (χ2v) is 7.64. The van der Waals surface area contributed by atoms with Gasteiger partial charge >= 0.3 is 11.8 Å². The molecule has 0 spiro atoms. The van der Waals surface area contributed by atoms with Crippen molar-refractivity contribution in [2.24, 2.45) is 5.92 Å². The van der Waals surface area contributed by atoms with E-state index < -0.39 is 11.8 Å². The maximum Gasteiger partial charge on any atom is 0.309 e. The van der Waals surface area contributed by atoms with Gasteiger partial charge < -0.3 is 24.7 Å². The number of ether oxygens (including phenoxy) is 1. The molecule has 8 nitrogen and oxygen atoms in total.